The molecule has 8 heteroatoms. The summed E-state index contributed by atoms with van der Waals surface area (Å²) in [6.07, 6.45) is 8.68. The molecule has 2 N–H and O–H groups in total. The average molecular weight is 379 g/mol. The molecule has 0 saturated carbocycles. The van der Waals surface area contributed by atoms with Gasteiger partial charge in [0.2, 0.25) is 0 Å². The minimum Gasteiger partial charge on any atom is -0.462 e. The number of esters is 1. The molecule has 8 nitrogen and oxygen atoms in total. The maximum absolute atomic E-state index is 11.9. The maximum atomic E-state index is 11.9. The lowest BCUT2D eigenvalue weighted by Gasteiger charge is -2.14. The van der Waals surface area contributed by atoms with Crippen LogP contribution in [-0.4, -0.2) is 34.0 Å². The molecule has 1 aliphatic carbocycles. The van der Waals surface area contributed by atoms with Gasteiger partial charge in [-0.2, -0.15) is 10.4 Å². The van der Waals surface area contributed by atoms with Gasteiger partial charge in [-0.3, -0.25) is 14.5 Å². The fraction of sp³-hybridized carbons (Fsp3) is 0.250. The second-order valence-electron chi connectivity index (χ2n) is 5.98. The summed E-state index contributed by atoms with van der Waals surface area (Å²) in [7, 11) is 0. The summed E-state index contributed by atoms with van der Waals surface area (Å²) in [6, 6.07) is 1.88. The Bertz CT molecular complexity index is 970. The minimum absolute atomic E-state index is 0.0127. The van der Waals surface area contributed by atoms with Crippen LogP contribution in [0.3, 0.4) is 0 Å². The van der Waals surface area contributed by atoms with Crippen LogP contribution in [-0.2, 0) is 16.1 Å². The lowest BCUT2D eigenvalue weighted by Crippen LogP contribution is -2.23. The number of carbonyl (C=O) groups excluding carboxylic acids is 2. The highest BCUT2D eigenvalue weighted by atomic mass is 16.5. The van der Waals surface area contributed by atoms with Gasteiger partial charge in [0.05, 0.1) is 24.4 Å². The monoisotopic (exact) mass is 379 g/mol. The minimum atomic E-state index is -0.602. The molecule has 0 atom stereocenters. The Balaban J connectivity index is 2.27. The van der Waals surface area contributed by atoms with Crippen molar-refractivity contribution < 1.29 is 14.3 Å². The summed E-state index contributed by atoms with van der Waals surface area (Å²) < 4.78 is 6.39. The predicted molar refractivity (Wildman–Crippen MR) is 104 cm³/mol. The van der Waals surface area contributed by atoms with E-state index in [0.717, 1.165) is 11.1 Å². The third-order valence-electron chi connectivity index (χ3n) is 3.92. The van der Waals surface area contributed by atoms with Crippen LogP contribution in [0.5, 0.6) is 0 Å². The topological polar surface area (TPSA) is 123 Å². The van der Waals surface area contributed by atoms with E-state index < -0.39 is 11.9 Å². The predicted octanol–water partition coefficient (Wildman–Crippen LogP) is 2.20. The van der Waals surface area contributed by atoms with Gasteiger partial charge in [-0.25, -0.2) is 4.79 Å². The van der Waals surface area contributed by atoms with Gasteiger partial charge in [-0.1, -0.05) is 18.7 Å². The largest absolute Gasteiger partial charge is 0.462 e. The first kappa shape index (κ1) is 20.6. The van der Waals surface area contributed by atoms with Gasteiger partial charge in [0.1, 0.15) is 11.6 Å². The zero-order valence-corrected chi connectivity index (χ0v) is 15.8. The lowest BCUT2D eigenvalue weighted by molar-refractivity contribution is -0.114. The summed E-state index contributed by atoms with van der Waals surface area (Å²) in [5.74, 6) is -1.19. The fourth-order valence-corrected chi connectivity index (χ4v) is 2.47. The molecule has 144 valence electrons. The van der Waals surface area contributed by atoms with Crippen LogP contribution in [0.1, 0.15) is 36.3 Å². The van der Waals surface area contributed by atoms with Gasteiger partial charge in [0.15, 0.2) is 5.69 Å². The van der Waals surface area contributed by atoms with E-state index in [-0.39, 0.29) is 24.4 Å². The van der Waals surface area contributed by atoms with Gasteiger partial charge >= 0.3 is 5.97 Å². The first-order valence-electron chi connectivity index (χ1n) is 8.61. The SMILES string of the molecule is C=C/C(C)=C\N=C1CC=C(Cn2cc(C(=O)OCC)c(C#N)n2)C=C1C(N)=O. The summed E-state index contributed by atoms with van der Waals surface area (Å²) in [5, 5.41) is 13.3. The van der Waals surface area contributed by atoms with Crippen molar-refractivity contribution in [1.82, 2.24) is 9.78 Å². The van der Waals surface area contributed by atoms with Crippen molar-refractivity contribution >= 4 is 17.6 Å². The van der Waals surface area contributed by atoms with Gasteiger partial charge in [-0.05, 0) is 31.1 Å². The first-order valence-corrected chi connectivity index (χ1v) is 8.61. The van der Waals surface area contributed by atoms with Crippen LogP contribution < -0.4 is 5.73 Å². The molecule has 0 radical (unpaired) electrons. The van der Waals surface area contributed by atoms with Crippen molar-refractivity contribution in [2.24, 2.45) is 10.7 Å². The maximum Gasteiger partial charge on any atom is 0.342 e. The number of amides is 1. The number of aliphatic imine (C=N–C) groups is 1. The molecule has 1 aromatic heterocycles. The molecular weight excluding hydrogens is 358 g/mol. The number of nitriles is 1. The number of rotatable bonds is 7. The fourth-order valence-electron chi connectivity index (χ4n) is 2.47. The summed E-state index contributed by atoms with van der Waals surface area (Å²) in [4.78, 5) is 28.1. The summed E-state index contributed by atoms with van der Waals surface area (Å²) in [5.41, 5.74) is 8.07. The van der Waals surface area contributed by atoms with E-state index >= 15 is 0 Å². The number of carbonyl (C=O) groups is 2. The molecule has 28 heavy (non-hydrogen) atoms. The van der Waals surface area contributed by atoms with Crippen LogP contribution in [0.4, 0.5) is 0 Å². The van der Waals surface area contributed by atoms with Crippen molar-refractivity contribution in [3.63, 3.8) is 0 Å². The quantitative estimate of drug-likeness (QED) is 0.574. The van der Waals surface area contributed by atoms with Crippen molar-refractivity contribution in [3.8, 4) is 6.07 Å². The zero-order chi connectivity index (χ0) is 20.7. The molecular formula is C20H21N5O3. The lowest BCUT2D eigenvalue weighted by atomic mass is 9.96. The number of hydrogen-bond acceptors (Lipinski definition) is 6. The van der Waals surface area contributed by atoms with Crippen LogP contribution in [0, 0.1) is 11.3 Å². The number of ether oxygens (including phenoxy) is 1. The standard InChI is InChI=1S/C20H21N5O3/c1-4-13(3)10-23-17-7-6-14(8-15(17)19(22)26)11-25-12-16(18(9-21)24-25)20(27)28-5-2/h4,6,8,10,12H,1,5,7,11H2,2-3H3,(H2,22,26)/b13-10-,23-17?. The van der Waals surface area contributed by atoms with Gasteiger partial charge in [0.25, 0.3) is 5.91 Å². The van der Waals surface area contributed by atoms with Gasteiger partial charge in [0, 0.05) is 18.8 Å². The van der Waals surface area contributed by atoms with Crippen LogP contribution in [0.25, 0.3) is 0 Å². The zero-order valence-electron chi connectivity index (χ0n) is 15.8. The first-order chi connectivity index (χ1) is 13.4. The van der Waals surface area contributed by atoms with Crippen LogP contribution in [0.15, 0.2) is 58.9 Å². The number of primary amides is 1. The summed E-state index contributed by atoms with van der Waals surface area (Å²) >= 11 is 0. The van der Waals surface area contributed by atoms with E-state index in [0.29, 0.717) is 17.7 Å². The third kappa shape index (κ3) is 4.92. The molecule has 0 spiro atoms. The van der Waals surface area contributed by atoms with Crippen molar-refractivity contribution in [2.45, 2.75) is 26.8 Å². The Morgan fingerprint density at radius 3 is 2.89 bits per heavy atom. The highest BCUT2D eigenvalue weighted by Gasteiger charge is 2.20. The second kappa shape index (κ2) is 9.28. The smallest absolute Gasteiger partial charge is 0.342 e. The van der Waals surface area contributed by atoms with Crippen molar-refractivity contribution in [2.75, 3.05) is 6.61 Å². The Morgan fingerprint density at radius 1 is 1.54 bits per heavy atom. The van der Waals surface area contributed by atoms with E-state index in [1.165, 1.54) is 10.9 Å². The third-order valence-corrected chi connectivity index (χ3v) is 3.92. The normalized spacial score (nSPS) is 15.5. The number of nitrogens with two attached hydrogens (primary N) is 1. The highest BCUT2D eigenvalue weighted by Crippen LogP contribution is 2.19. The Kier molecular flexibility index (Phi) is 6.82. The molecule has 0 saturated heterocycles. The highest BCUT2D eigenvalue weighted by molar-refractivity contribution is 6.22. The number of allylic oxidation sites excluding steroid dienone is 5. The Labute approximate surface area is 163 Å². The van der Waals surface area contributed by atoms with Crippen molar-refractivity contribution in [3.05, 3.63) is 65.2 Å². The molecule has 1 aromatic rings. The molecule has 1 amide bonds. The molecule has 0 aliphatic heterocycles. The van der Waals surface area contributed by atoms with Crippen LogP contribution >= 0.6 is 0 Å². The second-order valence-corrected chi connectivity index (χ2v) is 5.98. The van der Waals surface area contributed by atoms with E-state index in [1.54, 1.807) is 25.3 Å². The van der Waals surface area contributed by atoms with Gasteiger partial charge in [-0.15, -0.1) is 0 Å². The van der Waals surface area contributed by atoms with Gasteiger partial charge < -0.3 is 10.5 Å². The molecule has 2 rings (SSSR count). The molecule has 1 aliphatic rings. The number of nitrogens with zero attached hydrogens (tertiary/aromatic N) is 4. The number of aromatic nitrogens is 2. The Morgan fingerprint density at radius 2 is 2.29 bits per heavy atom. The average Bonchev–Trinajstić information content (AvgIpc) is 3.09. The molecule has 0 unspecified atom stereocenters. The Hall–Kier alpha value is -3.73. The van der Waals surface area contributed by atoms with E-state index in [2.05, 4.69) is 16.7 Å². The molecule has 0 bridgehead atoms. The molecule has 1 heterocycles. The van der Waals surface area contributed by atoms with E-state index in [1.807, 2.05) is 19.1 Å². The number of hydrogen-bond donors (Lipinski definition) is 1. The van der Waals surface area contributed by atoms with E-state index in [9.17, 15) is 14.9 Å². The molecule has 0 aromatic carbocycles. The summed E-state index contributed by atoms with van der Waals surface area (Å²) in [6.45, 7) is 7.65. The molecule has 0 fully saturated rings. The van der Waals surface area contributed by atoms with E-state index in [4.69, 9.17) is 10.5 Å². The van der Waals surface area contributed by atoms with Crippen LogP contribution in [0.2, 0.25) is 0 Å². The van der Waals surface area contributed by atoms with Crippen molar-refractivity contribution in [1.29, 1.82) is 5.26 Å².